The van der Waals surface area contributed by atoms with Crippen molar-refractivity contribution in [2.24, 2.45) is 4.99 Å². The first-order valence-corrected chi connectivity index (χ1v) is 7.32. The Balaban J connectivity index is 2.24. The molecule has 1 rings (SSSR count). The van der Waals surface area contributed by atoms with Crippen LogP contribution in [0.4, 0.5) is 13.2 Å². The zero-order valence-electron chi connectivity index (χ0n) is 12.1. The van der Waals surface area contributed by atoms with E-state index < -0.39 is 12.6 Å². The lowest BCUT2D eigenvalue weighted by Crippen LogP contribution is -2.42. The molecule has 0 aliphatic carbocycles. The van der Waals surface area contributed by atoms with Gasteiger partial charge in [-0.05, 0) is 32.9 Å². The zero-order valence-corrected chi connectivity index (χ0v) is 12.1. The lowest BCUT2D eigenvalue weighted by Gasteiger charge is -2.26. The molecular formula is C13H25F3N4. The highest BCUT2D eigenvalue weighted by Gasteiger charge is 2.26. The molecule has 20 heavy (non-hydrogen) atoms. The first kappa shape index (κ1) is 17.1. The van der Waals surface area contributed by atoms with Gasteiger partial charge in [0.15, 0.2) is 5.96 Å². The molecule has 1 heterocycles. The van der Waals surface area contributed by atoms with Crippen LogP contribution in [-0.4, -0.2) is 56.3 Å². The summed E-state index contributed by atoms with van der Waals surface area (Å²) in [5.41, 5.74) is 0. The minimum absolute atomic E-state index is 0.234. The number of nitrogens with one attached hydrogen (secondary N) is 2. The molecule has 0 aromatic rings. The van der Waals surface area contributed by atoms with Crippen molar-refractivity contribution in [3.8, 4) is 0 Å². The Kier molecular flexibility index (Phi) is 7.72. The molecule has 0 bridgehead atoms. The zero-order chi connectivity index (χ0) is 14.8. The Morgan fingerprint density at radius 3 is 2.45 bits per heavy atom. The summed E-state index contributed by atoms with van der Waals surface area (Å²) in [5.74, 6) is 0.466. The monoisotopic (exact) mass is 294 g/mol. The first-order chi connectivity index (χ1) is 9.51. The number of piperidine rings is 1. The van der Waals surface area contributed by atoms with E-state index in [1.807, 2.05) is 6.92 Å². The van der Waals surface area contributed by atoms with Crippen molar-refractivity contribution in [1.82, 2.24) is 15.5 Å². The highest BCUT2D eigenvalue weighted by molar-refractivity contribution is 5.79. The standard InChI is InChI=1S/C13H25F3N4/c1-2-17-12(18-7-6-13(14,15)16)19-8-11-20-9-4-3-5-10-20/h2-11H2,1H3,(H2,17,18,19). The molecule has 0 saturated carbocycles. The number of halogens is 3. The van der Waals surface area contributed by atoms with Crippen molar-refractivity contribution in [3.63, 3.8) is 0 Å². The smallest absolute Gasteiger partial charge is 0.357 e. The summed E-state index contributed by atoms with van der Waals surface area (Å²) in [6.07, 6.45) is -1.25. The van der Waals surface area contributed by atoms with Crippen LogP contribution in [0.3, 0.4) is 0 Å². The van der Waals surface area contributed by atoms with Gasteiger partial charge in [0, 0.05) is 19.6 Å². The molecular weight excluding hydrogens is 269 g/mol. The van der Waals surface area contributed by atoms with Crippen molar-refractivity contribution in [3.05, 3.63) is 0 Å². The fourth-order valence-electron chi connectivity index (χ4n) is 2.15. The van der Waals surface area contributed by atoms with Crippen molar-refractivity contribution in [2.75, 3.05) is 39.3 Å². The fraction of sp³-hybridized carbons (Fsp3) is 0.923. The maximum Gasteiger partial charge on any atom is 0.390 e. The summed E-state index contributed by atoms with van der Waals surface area (Å²) in [4.78, 5) is 6.31. The second-order valence-corrected chi connectivity index (χ2v) is 4.95. The molecule has 2 N–H and O–H groups in total. The number of hydrogen-bond donors (Lipinski definition) is 2. The van der Waals surface area contributed by atoms with Gasteiger partial charge in [0.05, 0.1) is 13.0 Å². The van der Waals surface area contributed by atoms with E-state index in [0.29, 0.717) is 19.0 Å². The second kappa shape index (κ2) is 9.05. The van der Waals surface area contributed by atoms with Gasteiger partial charge in [-0.2, -0.15) is 13.2 Å². The highest BCUT2D eigenvalue weighted by atomic mass is 19.4. The van der Waals surface area contributed by atoms with Crippen LogP contribution < -0.4 is 10.6 Å². The van der Waals surface area contributed by atoms with Crippen LogP contribution in [0.2, 0.25) is 0 Å². The van der Waals surface area contributed by atoms with Gasteiger partial charge in [-0.1, -0.05) is 6.42 Å². The van der Waals surface area contributed by atoms with Gasteiger partial charge >= 0.3 is 6.18 Å². The van der Waals surface area contributed by atoms with Gasteiger partial charge < -0.3 is 15.5 Å². The van der Waals surface area contributed by atoms with Gasteiger partial charge in [0.25, 0.3) is 0 Å². The molecule has 118 valence electrons. The predicted molar refractivity (Wildman–Crippen MR) is 74.9 cm³/mol. The Morgan fingerprint density at radius 2 is 1.85 bits per heavy atom. The van der Waals surface area contributed by atoms with Gasteiger partial charge in [0.1, 0.15) is 0 Å². The van der Waals surface area contributed by atoms with Gasteiger partial charge in [-0.15, -0.1) is 0 Å². The number of alkyl halides is 3. The molecule has 0 atom stereocenters. The third kappa shape index (κ3) is 8.24. The molecule has 4 nitrogen and oxygen atoms in total. The number of likely N-dealkylation sites (tertiary alicyclic amines) is 1. The lowest BCUT2D eigenvalue weighted by atomic mass is 10.1. The maximum atomic E-state index is 12.1. The van der Waals surface area contributed by atoms with Crippen LogP contribution >= 0.6 is 0 Å². The van der Waals surface area contributed by atoms with E-state index in [1.54, 1.807) is 0 Å². The summed E-state index contributed by atoms with van der Waals surface area (Å²) in [7, 11) is 0. The Hall–Kier alpha value is -0.980. The van der Waals surface area contributed by atoms with Crippen LogP contribution in [0.5, 0.6) is 0 Å². The predicted octanol–water partition coefficient (Wildman–Crippen LogP) is 1.98. The van der Waals surface area contributed by atoms with E-state index >= 15 is 0 Å². The van der Waals surface area contributed by atoms with Crippen molar-refractivity contribution < 1.29 is 13.2 Å². The first-order valence-electron chi connectivity index (χ1n) is 7.32. The number of nitrogens with zero attached hydrogens (tertiary/aromatic N) is 2. The van der Waals surface area contributed by atoms with E-state index in [9.17, 15) is 13.2 Å². The maximum absolute atomic E-state index is 12.1. The topological polar surface area (TPSA) is 39.7 Å². The SMILES string of the molecule is CCNC(=NCCC(F)(F)F)NCCN1CCCCC1. The number of rotatable bonds is 6. The van der Waals surface area contributed by atoms with E-state index in [0.717, 1.165) is 19.6 Å². The van der Waals surface area contributed by atoms with Crippen molar-refractivity contribution >= 4 is 5.96 Å². The number of hydrogen-bond acceptors (Lipinski definition) is 2. The molecule has 0 amide bonds. The Morgan fingerprint density at radius 1 is 1.15 bits per heavy atom. The van der Waals surface area contributed by atoms with Gasteiger partial charge in [0.2, 0.25) is 0 Å². The quantitative estimate of drug-likeness (QED) is 0.581. The molecule has 0 spiro atoms. The van der Waals surface area contributed by atoms with Gasteiger partial charge in [-0.3, -0.25) is 4.99 Å². The number of guanidine groups is 1. The summed E-state index contributed by atoms with van der Waals surface area (Å²) >= 11 is 0. The lowest BCUT2D eigenvalue weighted by molar-refractivity contribution is -0.132. The Labute approximate surface area is 118 Å². The van der Waals surface area contributed by atoms with Crippen LogP contribution in [0.1, 0.15) is 32.6 Å². The molecule has 1 aliphatic rings. The van der Waals surface area contributed by atoms with Crippen LogP contribution in [0, 0.1) is 0 Å². The van der Waals surface area contributed by atoms with Gasteiger partial charge in [-0.25, -0.2) is 0 Å². The molecule has 0 aromatic heterocycles. The second-order valence-electron chi connectivity index (χ2n) is 4.95. The molecule has 0 aromatic carbocycles. The van der Waals surface area contributed by atoms with E-state index in [2.05, 4.69) is 20.5 Å². The normalized spacial score (nSPS) is 18.1. The third-order valence-electron chi connectivity index (χ3n) is 3.18. The minimum atomic E-state index is -4.14. The fourth-order valence-corrected chi connectivity index (χ4v) is 2.15. The van der Waals surface area contributed by atoms with E-state index in [1.165, 1.54) is 19.3 Å². The molecule has 1 fully saturated rings. The van der Waals surface area contributed by atoms with Crippen LogP contribution in [-0.2, 0) is 0 Å². The van der Waals surface area contributed by atoms with E-state index in [4.69, 9.17) is 0 Å². The molecule has 0 unspecified atom stereocenters. The molecule has 0 radical (unpaired) electrons. The van der Waals surface area contributed by atoms with Crippen LogP contribution in [0.15, 0.2) is 4.99 Å². The van der Waals surface area contributed by atoms with Crippen LogP contribution in [0.25, 0.3) is 0 Å². The molecule has 1 aliphatic heterocycles. The summed E-state index contributed by atoms with van der Waals surface area (Å²) in [6, 6.07) is 0. The largest absolute Gasteiger partial charge is 0.390 e. The van der Waals surface area contributed by atoms with Crippen molar-refractivity contribution in [2.45, 2.75) is 38.8 Å². The summed E-state index contributed by atoms with van der Waals surface area (Å²) in [6.45, 7) is 6.14. The average Bonchev–Trinajstić information content (AvgIpc) is 2.38. The third-order valence-corrected chi connectivity index (χ3v) is 3.18. The molecule has 7 heteroatoms. The van der Waals surface area contributed by atoms with E-state index in [-0.39, 0.29) is 6.54 Å². The molecule has 1 saturated heterocycles. The summed E-state index contributed by atoms with van der Waals surface area (Å²) in [5, 5.41) is 6.04. The Bertz CT molecular complexity index is 286. The van der Waals surface area contributed by atoms with Crippen molar-refractivity contribution in [1.29, 1.82) is 0 Å². The highest BCUT2D eigenvalue weighted by Crippen LogP contribution is 2.18. The summed E-state index contributed by atoms with van der Waals surface area (Å²) < 4.78 is 36.2. The minimum Gasteiger partial charge on any atom is -0.357 e. The average molecular weight is 294 g/mol. The number of aliphatic imine (C=N–C) groups is 1.